The quantitative estimate of drug-likeness (QED) is 0.816. The number of rotatable bonds is 5. The molecule has 0 atom stereocenters. The van der Waals surface area contributed by atoms with Crippen LogP contribution in [0.3, 0.4) is 0 Å². The van der Waals surface area contributed by atoms with E-state index in [1.165, 1.54) is 0 Å². The maximum Gasteiger partial charge on any atom is 0.142 e. The van der Waals surface area contributed by atoms with Crippen LogP contribution >= 0.6 is 0 Å². The third kappa shape index (κ3) is 3.21. The van der Waals surface area contributed by atoms with Crippen LogP contribution in [-0.2, 0) is 0 Å². The summed E-state index contributed by atoms with van der Waals surface area (Å²) < 4.78 is 0. The number of hydrogen-bond acceptors (Lipinski definition) is 4. The number of aliphatic hydroxyl groups is 1. The molecule has 0 saturated carbocycles. The molecule has 0 saturated heterocycles. The van der Waals surface area contributed by atoms with E-state index in [0.29, 0.717) is 18.2 Å². The molecule has 4 heteroatoms. The van der Waals surface area contributed by atoms with Gasteiger partial charge in [-0.15, -0.1) is 0 Å². The highest BCUT2D eigenvalue weighted by Crippen LogP contribution is 2.14. The monoisotopic (exact) mass is 219 g/mol. The van der Waals surface area contributed by atoms with Crippen LogP contribution in [0.25, 0.3) is 0 Å². The highest BCUT2D eigenvalue weighted by atomic mass is 16.3. The van der Waals surface area contributed by atoms with E-state index in [2.05, 4.69) is 23.7 Å². The van der Waals surface area contributed by atoms with Crippen molar-refractivity contribution in [2.75, 3.05) is 18.1 Å². The lowest BCUT2D eigenvalue weighted by molar-refractivity contribution is 0.288. The maximum atomic E-state index is 8.85. The molecule has 0 spiro atoms. The lowest BCUT2D eigenvalue weighted by atomic mass is 10.2. The standard InChI is InChI=1S/C12H17N3O/c1-10(2)15(7-4-8-16)12-6-3-5-11(9-13)14-12/h3,5-6,10,16H,4,7-8H2,1-2H3. The molecule has 0 amide bonds. The van der Waals surface area contributed by atoms with Gasteiger partial charge in [0.15, 0.2) is 0 Å². The molecule has 1 aromatic rings. The first kappa shape index (κ1) is 12.5. The van der Waals surface area contributed by atoms with Crippen molar-refractivity contribution >= 4 is 5.82 Å². The van der Waals surface area contributed by atoms with Gasteiger partial charge in [0, 0.05) is 19.2 Å². The van der Waals surface area contributed by atoms with Gasteiger partial charge in [-0.3, -0.25) is 0 Å². The first-order valence-electron chi connectivity index (χ1n) is 5.43. The van der Waals surface area contributed by atoms with Crippen LogP contribution in [0.1, 0.15) is 26.0 Å². The fourth-order valence-corrected chi connectivity index (χ4v) is 1.52. The van der Waals surface area contributed by atoms with E-state index in [1.54, 1.807) is 6.07 Å². The normalized spacial score (nSPS) is 10.2. The number of nitriles is 1. The number of aromatic nitrogens is 1. The van der Waals surface area contributed by atoms with E-state index in [4.69, 9.17) is 10.4 Å². The Labute approximate surface area is 96.2 Å². The fourth-order valence-electron chi connectivity index (χ4n) is 1.52. The zero-order valence-corrected chi connectivity index (χ0v) is 9.72. The van der Waals surface area contributed by atoms with Crippen LogP contribution < -0.4 is 4.90 Å². The minimum absolute atomic E-state index is 0.168. The molecule has 0 bridgehead atoms. The van der Waals surface area contributed by atoms with E-state index >= 15 is 0 Å². The first-order chi connectivity index (χ1) is 7.69. The van der Waals surface area contributed by atoms with E-state index in [0.717, 1.165) is 12.4 Å². The maximum absolute atomic E-state index is 8.85. The van der Waals surface area contributed by atoms with Gasteiger partial charge in [-0.25, -0.2) is 4.98 Å². The molecule has 1 N–H and O–H groups in total. The number of hydrogen-bond donors (Lipinski definition) is 1. The molecule has 16 heavy (non-hydrogen) atoms. The Hall–Kier alpha value is -1.60. The SMILES string of the molecule is CC(C)N(CCCO)c1cccc(C#N)n1. The average Bonchev–Trinajstić information content (AvgIpc) is 2.29. The minimum atomic E-state index is 0.168. The van der Waals surface area contributed by atoms with Crippen molar-refractivity contribution in [3.63, 3.8) is 0 Å². The smallest absolute Gasteiger partial charge is 0.142 e. The van der Waals surface area contributed by atoms with Crippen molar-refractivity contribution < 1.29 is 5.11 Å². The second-order valence-electron chi connectivity index (χ2n) is 3.86. The Bertz CT molecular complexity index is 371. The lowest BCUT2D eigenvalue weighted by Gasteiger charge is -2.27. The molecule has 0 aliphatic rings. The summed E-state index contributed by atoms with van der Waals surface area (Å²) in [7, 11) is 0. The Morgan fingerprint density at radius 1 is 1.50 bits per heavy atom. The van der Waals surface area contributed by atoms with Crippen molar-refractivity contribution in [1.82, 2.24) is 4.98 Å². The molecule has 0 radical (unpaired) electrons. The average molecular weight is 219 g/mol. The molecule has 1 aromatic heterocycles. The Morgan fingerprint density at radius 3 is 2.81 bits per heavy atom. The number of anilines is 1. The van der Waals surface area contributed by atoms with Gasteiger partial charge in [0.2, 0.25) is 0 Å². The zero-order chi connectivity index (χ0) is 12.0. The van der Waals surface area contributed by atoms with E-state index < -0.39 is 0 Å². The molecule has 1 rings (SSSR count). The van der Waals surface area contributed by atoms with Crippen LogP contribution in [0.4, 0.5) is 5.82 Å². The van der Waals surface area contributed by atoms with E-state index in [1.807, 2.05) is 18.2 Å². The van der Waals surface area contributed by atoms with Crippen LogP contribution in [0.2, 0.25) is 0 Å². The van der Waals surface area contributed by atoms with Crippen LogP contribution in [-0.4, -0.2) is 29.3 Å². The largest absolute Gasteiger partial charge is 0.396 e. The molecule has 0 fully saturated rings. The summed E-state index contributed by atoms with van der Waals surface area (Å²) in [4.78, 5) is 6.33. The van der Waals surface area contributed by atoms with Gasteiger partial charge in [-0.2, -0.15) is 5.26 Å². The minimum Gasteiger partial charge on any atom is -0.396 e. The second-order valence-corrected chi connectivity index (χ2v) is 3.86. The molecule has 0 aromatic carbocycles. The molecule has 4 nitrogen and oxygen atoms in total. The summed E-state index contributed by atoms with van der Waals surface area (Å²) in [5.74, 6) is 0.794. The first-order valence-corrected chi connectivity index (χ1v) is 5.43. The molecular weight excluding hydrogens is 202 g/mol. The van der Waals surface area contributed by atoms with Crippen molar-refractivity contribution in [3.05, 3.63) is 23.9 Å². The van der Waals surface area contributed by atoms with E-state index in [-0.39, 0.29) is 6.61 Å². The van der Waals surface area contributed by atoms with Gasteiger partial charge in [0.05, 0.1) is 0 Å². The topological polar surface area (TPSA) is 60.1 Å². The summed E-state index contributed by atoms with van der Waals surface area (Å²) in [6.45, 7) is 5.05. The van der Waals surface area contributed by atoms with Crippen molar-refractivity contribution in [3.8, 4) is 6.07 Å². The van der Waals surface area contributed by atoms with Gasteiger partial charge in [-0.05, 0) is 32.4 Å². The summed E-state index contributed by atoms with van der Waals surface area (Å²) in [5.41, 5.74) is 0.423. The van der Waals surface area contributed by atoms with Crippen LogP contribution in [0, 0.1) is 11.3 Å². The Balaban J connectivity index is 2.88. The predicted molar refractivity (Wildman–Crippen MR) is 63.1 cm³/mol. The summed E-state index contributed by atoms with van der Waals surface area (Å²) in [6, 6.07) is 7.73. The Kier molecular flexibility index (Phi) is 4.74. The van der Waals surface area contributed by atoms with Crippen molar-refractivity contribution in [1.29, 1.82) is 5.26 Å². The number of nitrogens with zero attached hydrogens (tertiary/aromatic N) is 3. The van der Waals surface area contributed by atoms with Crippen LogP contribution in [0.5, 0.6) is 0 Å². The second kappa shape index (κ2) is 6.09. The molecule has 1 heterocycles. The van der Waals surface area contributed by atoms with Crippen molar-refractivity contribution in [2.45, 2.75) is 26.3 Å². The van der Waals surface area contributed by atoms with Gasteiger partial charge >= 0.3 is 0 Å². The van der Waals surface area contributed by atoms with Crippen molar-refractivity contribution in [2.24, 2.45) is 0 Å². The predicted octanol–water partition coefficient (Wildman–Crippen LogP) is 1.55. The third-order valence-corrected chi connectivity index (χ3v) is 2.32. The molecule has 0 aliphatic carbocycles. The number of pyridine rings is 1. The Morgan fingerprint density at radius 2 is 2.25 bits per heavy atom. The van der Waals surface area contributed by atoms with Gasteiger partial charge in [0.25, 0.3) is 0 Å². The lowest BCUT2D eigenvalue weighted by Crippen LogP contribution is -2.33. The summed E-state index contributed by atoms with van der Waals surface area (Å²) in [6.07, 6.45) is 0.705. The zero-order valence-electron chi connectivity index (χ0n) is 9.72. The fraction of sp³-hybridized carbons (Fsp3) is 0.500. The van der Waals surface area contributed by atoms with Gasteiger partial charge < -0.3 is 10.0 Å². The highest BCUT2D eigenvalue weighted by Gasteiger charge is 2.11. The van der Waals surface area contributed by atoms with E-state index in [9.17, 15) is 0 Å². The molecule has 0 unspecified atom stereocenters. The van der Waals surface area contributed by atoms with Gasteiger partial charge in [0.1, 0.15) is 17.6 Å². The third-order valence-electron chi connectivity index (χ3n) is 2.32. The highest BCUT2D eigenvalue weighted by molar-refractivity contribution is 5.42. The molecular formula is C12H17N3O. The molecule has 86 valence electrons. The van der Waals surface area contributed by atoms with Gasteiger partial charge in [-0.1, -0.05) is 6.07 Å². The summed E-state index contributed by atoms with van der Waals surface area (Å²) in [5, 5.41) is 17.6. The number of aliphatic hydroxyl groups excluding tert-OH is 1. The van der Waals surface area contributed by atoms with Crippen LogP contribution in [0.15, 0.2) is 18.2 Å². The summed E-state index contributed by atoms with van der Waals surface area (Å²) >= 11 is 0. The molecule has 0 aliphatic heterocycles.